The van der Waals surface area contributed by atoms with Crippen LogP contribution in [0.2, 0.25) is 0 Å². The normalized spacial score (nSPS) is 20.8. The van der Waals surface area contributed by atoms with E-state index in [2.05, 4.69) is 33.0 Å². The zero-order valence-corrected chi connectivity index (χ0v) is 10.8. The van der Waals surface area contributed by atoms with Gasteiger partial charge in [-0.1, -0.05) is 19.8 Å². The minimum Gasteiger partial charge on any atom is -0.374 e. The van der Waals surface area contributed by atoms with Crippen molar-refractivity contribution in [2.24, 2.45) is 5.92 Å². The third kappa shape index (κ3) is 3.46. The first kappa shape index (κ1) is 13.0. The summed E-state index contributed by atoms with van der Waals surface area (Å²) in [6.07, 6.45) is 5.53. The van der Waals surface area contributed by atoms with Crippen LogP contribution in [0.3, 0.4) is 0 Å². The van der Waals surface area contributed by atoms with E-state index in [1.54, 1.807) is 0 Å². The number of hydrogen-bond acceptors (Lipinski definition) is 2. The highest BCUT2D eigenvalue weighted by molar-refractivity contribution is 4.92. The van der Waals surface area contributed by atoms with E-state index >= 15 is 0 Å². The Morgan fingerprint density at radius 2 is 1.87 bits per heavy atom. The van der Waals surface area contributed by atoms with E-state index in [0.717, 1.165) is 19.1 Å². The maximum absolute atomic E-state index is 5.89. The largest absolute Gasteiger partial charge is 0.374 e. The van der Waals surface area contributed by atoms with Gasteiger partial charge in [-0.05, 0) is 46.1 Å². The summed E-state index contributed by atoms with van der Waals surface area (Å²) < 4.78 is 5.89. The van der Waals surface area contributed by atoms with Gasteiger partial charge in [0, 0.05) is 12.6 Å². The minimum absolute atomic E-state index is 0.0280. The lowest BCUT2D eigenvalue weighted by molar-refractivity contribution is -0.0520. The molecule has 0 aliphatic heterocycles. The fraction of sp³-hybridized carbons (Fsp3) is 1.00. The quantitative estimate of drug-likeness (QED) is 0.732. The maximum atomic E-state index is 5.89. The van der Waals surface area contributed by atoms with Crippen molar-refractivity contribution in [2.75, 3.05) is 13.2 Å². The molecule has 0 saturated heterocycles. The average Bonchev–Trinajstić information content (AvgIpc) is 2.66. The SMILES string of the molecule is CCNC(C1CCCC1)C(C)(C)OCC. The molecule has 1 aliphatic rings. The molecule has 90 valence electrons. The van der Waals surface area contributed by atoms with Crippen LogP contribution in [0.15, 0.2) is 0 Å². The summed E-state index contributed by atoms with van der Waals surface area (Å²) >= 11 is 0. The molecular weight excluding hydrogens is 186 g/mol. The highest BCUT2D eigenvalue weighted by Gasteiger charge is 2.36. The molecule has 1 unspecified atom stereocenters. The van der Waals surface area contributed by atoms with Crippen LogP contribution >= 0.6 is 0 Å². The zero-order valence-electron chi connectivity index (χ0n) is 10.8. The van der Waals surface area contributed by atoms with Gasteiger partial charge in [0.1, 0.15) is 0 Å². The molecule has 2 heteroatoms. The number of nitrogens with one attached hydrogen (secondary N) is 1. The van der Waals surface area contributed by atoms with Gasteiger partial charge < -0.3 is 10.1 Å². The van der Waals surface area contributed by atoms with Crippen LogP contribution in [0.5, 0.6) is 0 Å². The Bertz CT molecular complexity index is 173. The second-order valence-electron chi connectivity index (χ2n) is 5.12. The zero-order chi connectivity index (χ0) is 11.3. The molecule has 0 bridgehead atoms. The minimum atomic E-state index is -0.0280. The third-order valence-electron chi connectivity index (χ3n) is 3.56. The van der Waals surface area contributed by atoms with Gasteiger partial charge in [-0.25, -0.2) is 0 Å². The Morgan fingerprint density at radius 1 is 1.27 bits per heavy atom. The average molecular weight is 213 g/mol. The van der Waals surface area contributed by atoms with E-state index in [-0.39, 0.29) is 5.60 Å². The Kier molecular flexibility index (Phi) is 5.07. The first-order chi connectivity index (χ1) is 7.11. The third-order valence-corrected chi connectivity index (χ3v) is 3.56. The van der Waals surface area contributed by atoms with Crippen molar-refractivity contribution in [3.8, 4) is 0 Å². The smallest absolute Gasteiger partial charge is 0.0781 e. The van der Waals surface area contributed by atoms with E-state index in [1.165, 1.54) is 25.7 Å². The van der Waals surface area contributed by atoms with Crippen molar-refractivity contribution < 1.29 is 4.74 Å². The van der Waals surface area contributed by atoms with Crippen molar-refractivity contribution in [1.82, 2.24) is 5.32 Å². The molecule has 0 radical (unpaired) electrons. The first-order valence-electron chi connectivity index (χ1n) is 6.49. The van der Waals surface area contributed by atoms with E-state index in [1.807, 2.05) is 0 Å². The number of ether oxygens (including phenoxy) is 1. The summed E-state index contributed by atoms with van der Waals surface area (Å²) in [5, 5.41) is 3.62. The number of hydrogen-bond donors (Lipinski definition) is 1. The Hall–Kier alpha value is -0.0800. The molecule has 15 heavy (non-hydrogen) atoms. The van der Waals surface area contributed by atoms with Gasteiger partial charge in [-0.15, -0.1) is 0 Å². The van der Waals surface area contributed by atoms with Gasteiger partial charge in [0.2, 0.25) is 0 Å². The molecule has 0 spiro atoms. The molecule has 1 rings (SSSR count). The van der Waals surface area contributed by atoms with Crippen molar-refractivity contribution >= 4 is 0 Å². The van der Waals surface area contributed by atoms with E-state index < -0.39 is 0 Å². The second-order valence-corrected chi connectivity index (χ2v) is 5.12. The van der Waals surface area contributed by atoms with Crippen LogP contribution in [-0.4, -0.2) is 24.8 Å². The van der Waals surface area contributed by atoms with Gasteiger partial charge in [-0.3, -0.25) is 0 Å². The molecule has 0 aromatic carbocycles. The predicted molar refractivity (Wildman–Crippen MR) is 65.1 cm³/mol. The van der Waals surface area contributed by atoms with Gasteiger partial charge in [-0.2, -0.15) is 0 Å². The lowest BCUT2D eigenvalue weighted by atomic mass is 9.85. The summed E-state index contributed by atoms with van der Waals surface area (Å²) in [7, 11) is 0. The topological polar surface area (TPSA) is 21.3 Å². The van der Waals surface area contributed by atoms with Crippen LogP contribution in [-0.2, 0) is 4.74 Å². The first-order valence-corrected chi connectivity index (χ1v) is 6.49. The Labute approximate surface area is 94.8 Å². The summed E-state index contributed by atoms with van der Waals surface area (Å²) in [5.74, 6) is 0.812. The van der Waals surface area contributed by atoms with Crippen LogP contribution < -0.4 is 5.32 Å². The summed E-state index contributed by atoms with van der Waals surface area (Å²) in [5.41, 5.74) is -0.0280. The highest BCUT2D eigenvalue weighted by Crippen LogP contribution is 2.33. The van der Waals surface area contributed by atoms with Crippen LogP contribution in [0.4, 0.5) is 0 Å². The fourth-order valence-corrected chi connectivity index (χ4v) is 2.95. The molecule has 1 fully saturated rings. The maximum Gasteiger partial charge on any atom is 0.0781 e. The predicted octanol–water partition coefficient (Wildman–Crippen LogP) is 2.97. The van der Waals surface area contributed by atoms with Crippen LogP contribution in [0.25, 0.3) is 0 Å². The van der Waals surface area contributed by atoms with Crippen LogP contribution in [0, 0.1) is 5.92 Å². The molecule has 1 atom stereocenters. The van der Waals surface area contributed by atoms with Gasteiger partial charge in [0.25, 0.3) is 0 Å². The standard InChI is InChI=1S/C13H27NO/c1-5-14-12(11-9-7-8-10-11)13(3,4)15-6-2/h11-12,14H,5-10H2,1-4H3. The van der Waals surface area contributed by atoms with Gasteiger partial charge in [0.15, 0.2) is 0 Å². The molecule has 0 aromatic heterocycles. The number of rotatable bonds is 6. The van der Waals surface area contributed by atoms with Crippen LogP contribution in [0.1, 0.15) is 53.4 Å². The van der Waals surface area contributed by atoms with E-state index in [9.17, 15) is 0 Å². The van der Waals surface area contributed by atoms with Crippen molar-refractivity contribution in [1.29, 1.82) is 0 Å². The van der Waals surface area contributed by atoms with E-state index in [4.69, 9.17) is 4.74 Å². The van der Waals surface area contributed by atoms with Gasteiger partial charge >= 0.3 is 0 Å². The second kappa shape index (κ2) is 5.86. The summed E-state index contributed by atoms with van der Waals surface area (Å²) in [6.45, 7) is 10.6. The molecule has 0 amide bonds. The highest BCUT2D eigenvalue weighted by atomic mass is 16.5. The molecule has 0 aromatic rings. The van der Waals surface area contributed by atoms with Gasteiger partial charge in [0.05, 0.1) is 5.60 Å². The molecule has 2 nitrogen and oxygen atoms in total. The van der Waals surface area contributed by atoms with Crippen molar-refractivity contribution in [2.45, 2.75) is 65.0 Å². The summed E-state index contributed by atoms with van der Waals surface area (Å²) in [4.78, 5) is 0. The Balaban J connectivity index is 2.62. The fourth-order valence-electron chi connectivity index (χ4n) is 2.95. The lowest BCUT2D eigenvalue weighted by Crippen LogP contribution is -2.52. The molecule has 1 saturated carbocycles. The molecule has 1 N–H and O–H groups in total. The monoisotopic (exact) mass is 213 g/mol. The molecular formula is C13H27NO. The lowest BCUT2D eigenvalue weighted by Gasteiger charge is -2.38. The Morgan fingerprint density at radius 3 is 2.33 bits per heavy atom. The molecule has 1 aliphatic carbocycles. The summed E-state index contributed by atoms with van der Waals surface area (Å²) in [6, 6.07) is 0.518. The van der Waals surface area contributed by atoms with Crippen molar-refractivity contribution in [3.05, 3.63) is 0 Å². The number of likely N-dealkylation sites (N-methyl/N-ethyl adjacent to an activating group) is 1. The molecule has 0 heterocycles. The van der Waals surface area contributed by atoms with E-state index in [0.29, 0.717) is 6.04 Å². The van der Waals surface area contributed by atoms with Crippen molar-refractivity contribution in [3.63, 3.8) is 0 Å².